The Bertz CT molecular complexity index is 224. The molecular formula is C15H28O3. The minimum Gasteiger partial charge on any atom is -0.479 e. The van der Waals surface area contributed by atoms with Gasteiger partial charge in [0.1, 0.15) is 0 Å². The number of aliphatic hydroxyl groups is 1. The normalized spacial score (nSPS) is 13.0. The van der Waals surface area contributed by atoms with Crippen LogP contribution < -0.4 is 0 Å². The van der Waals surface area contributed by atoms with Gasteiger partial charge in [-0.25, -0.2) is 4.79 Å². The highest BCUT2D eigenvalue weighted by molar-refractivity contribution is 5.71. The lowest BCUT2D eigenvalue weighted by Gasteiger charge is -2.02. The third-order valence-electron chi connectivity index (χ3n) is 3.02. The number of unbranched alkanes of at least 4 members (excludes halogenated alkanes) is 7. The Labute approximate surface area is 111 Å². The summed E-state index contributed by atoms with van der Waals surface area (Å²) in [6.45, 7) is 2.23. The molecule has 0 aromatic carbocycles. The van der Waals surface area contributed by atoms with Crippen LogP contribution in [0.4, 0.5) is 0 Å². The highest BCUT2D eigenvalue weighted by Crippen LogP contribution is 2.08. The van der Waals surface area contributed by atoms with Gasteiger partial charge in [-0.3, -0.25) is 0 Å². The minimum atomic E-state index is -1.20. The molecule has 0 spiro atoms. The zero-order valence-electron chi connectivity index (χ0n) is 11.6. The van der Waals surface area contributed by atoms with Crippen molar-refractivity contribution < 1.29 is 15.0 Å². The van der Waals surface area contributed by atoms with E-state index in [1.165, 1.54) is 38.5 Å². The molecule has 0 aromatic heterocycles. The van der Waals surface area contributed by atoms with E-state index >= 15 is 0 Å². The number of carboxylic acid groups (broad SMARTS) is 1. The molecule has 0 bridgehead atoms. The second-order valence-corrected chi connectivity index (χ2v) is 4.81. The predicted molar refractivity (Wildman–Crippen MR) is 74.6 cm³/mol. The summed E-state index contributed by atoms with van der Waals surface area (Å²) in [5, 5.41) is 17.5. The van der Waals surface area contributed by atoms with Crippen LogP contribution in [0.3, 0.4) is 0 Å². The molecule has 2 N–H and O–H groups in total. The van der Waals surface area contributed by atoms with E-state index < -0.39 is 12.1 Å². The zero-order valence-corrected chi connectivity index (χ0v) is 11.6. The topological polar surface area (TPSA) is 57.5 Å². The summed E-state index contributed by atoms with van der Waals surface area (Å²) < 4.78 is 0. The van der Waals surface area contributed by atoms with Crippen LogP contribution in [0.25, 0.3) is 0 Å². The fourth-order valence-corrected chi connectivity index (χ4v) is 1.83. The van der Waals surface area contributed by atoms with Crippen LogP contribution >= 0.6 is 0 Å². The number of aliphatic carboxylic acids is 1. The van der Waals surface area contributed by atoms with Gasteiger partial charge in [-0.05, 0) is 32.1 Å². The molecule has 0 aliphatic rings. The highest BCUT2D eigenvalue weighted by Gasteiger charge is 2.10. The first kappa shape index (κ1) is 17.2. The Morgan fingerprint density at radius 2 is 1.56 bits per heavy atom. The maximum atomic E-state index is 10.3. The zero-order chi connectivity index (χ0) is 13.6. The van der Waals surface area contributed by atoms with Gasteiger partial charge in [-0.1, -0.05) is 51.2 Å². The molecular weight excluding hydrogens is 228 g/mol. The molecule has 0 fully saturated rings. The fraction of sp³-hybridized carbons (Fsp3) is 0.800. The fourth-order valence-electron chi connectivity index (χ4n) is 1.83. The Morgan fingerprint density at radius 3 is 2.17 bits per heavy atom. The van der Waals surface area contributed by atoms with Gasteiger partial charge >= 0.3 is 5.97 Å². The van der Waals surface area contributed by atoms with Crippen molar-refractivity contribution in [1.82, 2.24) is 0 Å². The number of carbonyl (C=O) groups is 1. The summed E-state index contributed by atoms with van der Waals surface area (Å²) in [6.07, 6.45) is 14.0. The minimum absolute atomic E-state index is 0.344. The number of allylic oxidation sites excluding steroid dienone is 2. The first-order chi connectivity index (χ1) is 8.68. The van der Waals surface area contributed by atoms with Crippen LogP contribution in [0.2, 0.25) is 0 Å². The van der Waals surface area contributed by atoms with Gasteiger partial charge in [-0.2, -0.15) is 0 Å². The maximum Gasteiger partial charge on any atom is 0.332 e. The van der Waals surface area contributed by atoms with Crippen LogP contribution in [0.5, 0.6) is 0 Å². The molecule has 0 radical (unpaired) electrons. The Morgan fingerprint density at radius 1 is 1.00 bits per heavy atom. The van der Waals surface area contributed by atoms with Gasteiger partial charge in [0, 0.05) is 0 Å². The molecule has 0 aromatic rings. The molecule has 0 rings (SSSR count). The summed E-state index contributed by atoms with van der Waals surface area (Å²) in [5.74, 6) is -1.12. The molecule has 18 heavy (non-hydrogen) atoms. The molecule has 0 aliphatic carbocycles. The second-order valence-electron chi connectivity index (χ2n) is 4.81. The monoisotopic (exact) mass is 256 g/mol. The summed E-state index contributed by atoms with van der Waals surface area (Å²) in [7, 11) is 0. The van der Waals surface area contributed by atoms with Gasteiger partial charge in [-0.15, -0.1) is 0 Å². The second kappa shape index (κ2) is 12.6. The Balaban J connectivity index is 3.21. The van der Waals surface area contributed by atoms with Crippen LogP contribution in [0, 0.1) is 0 Å². The molecule has 0 heterocycles. The van der Waals surface area contributed by atoms with Crippen molar-refractivity contribution in [1.29, 1.82) is 0 Å². The number of hydrogen-bond acceptors (Lipinski definition) is 2. The van der Waals surface area contributed by atoms with Crippen molar-refractivity contribution in [3.63, 3.8) is 0 Å². The van der Waals surface area contributed by atoms with Crippen LogP contribution in [-0.4, -0.2) is 22.3 Å². The van der Waals surface area contributed by atoms with Crippen LogP contribution in [0.1, 0.15) is 71.1 Å². The largest absolute Gasteiger partial charge is 0.479 e. The SMILES string of the molecule is CCCCCCCCC=CCCCC(O)C(=O)O. The van der Waals surface area contributed by atoms with Crippen molar-refractivity contribution in [3.8, 4) is 0 Å². The van der Waals surface area contributed by atoms with Gasteiger partial charge in [0.05, 0.1) is 0 Å². The third-order valence-corrected chi connectivity index (χ3v) is 3.02. The van der Waals surface area contributed by atoms with E-state index in [0.717, 1.165) is 19.3 Å². The van der Waals surface area contributed by atoms with E-state index in [4.69, 9.17) is 10.2 Å². The third kappa shape index (κ3) is 11.6. The standard InChI is InChI=1S/C15H28O3/c1-2-3-4-5-6-7-8-9-10-11-12-13-14(16)15(17)18/h9-10,14,16H,2-8,11-13H2,1H3,(H,17,18). The Hall–Kier alpha value is -0.830. The average molecular weight is 256 g/mol. The van der Waals surface area contributed by atoms with Gasteiger partial charge < -0.3 is 10.2 Å². The molecule has 106 valence electrons. The lowest BCUT2D eigenvalue weighted by Crippen LogP contribution is -2.18. The highest BCUT2D eigenvalue weighted by atomic mass is 16.4. The molecule has 0 aliphatic heterocycles. The molecule has 3 nitrogen and oxygen atoms in total. The number of carboxylic acids is 1. The van der Waals surface area contributed by atoms with Crippen molar-refractivity contribution in [2.24, 2.45) is 0 Å². The molecule has 0 amide bonds. The van der Waals surface area contributed by atoms with E-state index in [1.54, 1.807) is 0 Å². The first-order valence-electron chi connectivity index (χ1n) is 7.24. The molecule has 0 saturated carbocycles. The van der Waals surface area contributed by atoms with Crippen LogP contribution in [0.15, 0.2) is 12.2 Å². The summed E-state index contributed by atoms with van der Waals surface area (Å²) >= 11 is 0. The van der Waals surface area contributed by atoms with Crippen molar-refractivity contribution in [2.75, 3.05) is 0 Å². The maximum absolute atomic E-state index is 10.3. The number of rotatable bonds is 12. The van der Waals surface area contributed by atoms with Crippen molar-refractivity contribution in [2.45, 2.75) is 77.2 Å². The summed E-state index contributed by atoms with van der Waals surface area (Å²) in [6, 6.07) is 0. The molecule has 3 heteroatoms. The quantitative estimate of drug-likeness (QED) is 0.411. The van der Waals surface area contributed by atoms with E-state index in [2.05, 4.69) is 19.1 Å². The summed E-state index contributed by atoms with van der Waals surface area (Å²) in [5.41, 5.74) is 0. The molecule has 1 atom stereocenters. The van der Waals surface area contributed by atoms with Crippen molar-refractivity contribution >= 4 is 5.97 Å². The lowest BCUT2D eigenvalue weighted by atomic mass is 10.1. The first-order valence-corrected chi connectivity index (χ1v) is 7.24. The molecule has 1 unspecified atom stereocenters. The molecule has 0 saturated heterocycles. The van der Waals surface area contributed by atoms with E-state index in [0.29, 0.717) is 6.42 Å². The smallest absolute Gasteiger partial charge is 0.332 e. The van der Waals surface area contributed by atoms with E-state index in [1.807, 2.05) is 0 Å². The Kier molecular flexibility index (Phi) is 12.0. The number of aliphatic hydroxyl groups excluding tert-OH is 1. The van der Waals surface area contributed by atoms with Gasteiger partial charge in [0.15, 0.2) is 6.10 Å². The lowest BCUT2D eigenvalue weighted by molar-refractivity contribution is -0.146. The van der Waals surface area contributed by atoms with Crippen LogP contribution in [-0.2, 0) is 4.79 Å². The van der Waals surface area contributed by atoms with E-state index in [9.17, 15) is 4.79 Å². The van der Waals surface area contributed by atoms with Gasteiger partial charge in [0.25, 0.3) is 0 Å². The predicted octanol–water partition coefficient (Wildman–Crippen LogP) is 3.91. The number of hydrogen-bond donors (Lipinski definition) is 2. The van der Waals surface area contributed by atoms with Gasteiger partial charge in [0.2, 0.25) is 0 Å². The van der Waals surface area contributed by atoms with E-state index in [-0.39, 0.29) is 0 Å². The summed E-state index contributed by atoms with van der Waals surface area (Å²) in [4.78, 5) is 10.3. The van der Waals surface area contributed by atoms with Crippen molar-refractivity contribution in [3.05, 3.63) is 12.2 Å². The average Bonchev–Trinajstić information content (AvgIpc) is 2.35.